The van der Waals surface area contributed by atoms with Gasteiger partial charge in [0.25, 0.3) is 0 Å². The lowest BCUT2D eigenvalue weighted by Crippen LogP contribution is -2.48. The molecule has 0 saturated carbocycles. The van der Waals surface area contributed by atoms with Crippen molar-refractivity contribution >= 4 is 5.95 Å². The third kappa shape index (κ3) is 2.40. The smallest absolute Gasteiger partial charge is 0.225 e. The molecule has 110 valence electrons. The van der Waals surface area contributed by atoms with Crippen LogP contribution in [0.3, 0.4) is 0 Å². The average Bonchev–Trinajstić information content (AvgIpc) is 3.19. The van der Waals surface area contributed by atoms with Crippen molar-refractivity contribution in [2.45, 2.75) is 30.9 Å². The molecule has 2 aliphatic heterocycles. The van der Waals surface area contributed by atoms with Crippen molar-refractivity contribution in [2.75, 3.05) is 24.6 Å². The van der Waals surface area contributed by atoms with E-state index in [1.54, 1.807) is 12.4 Å². The van der Waals surface area contributed by atoms with Crippen molar-refractivity contribution in [1.29, 1.82) is 0 Å². The van der Waals surface area contributed by atoms with Crippen LogP contribution in [0.2, 0.25) is 0 Å². The molecule has 6 heteroatoms. The van der Waals surface area contributed by atoms with E-state index in [0.717, 1.165) is 44.9 Å². The van der Waals surface area contributed by atoms with Crippen molar-refractivity contribution in [3.8, 4) is 0 Å². The minimum absolute atomic E-state index is 0.0631. The molecule has 2 aromatic rings. The topological polar surface area (TPSA) is 56.1 Å². The Hall–Kier alpha value is -1.95. The predicted molar refractivity (Wildman–Crippen MR) is 78.0 cm³/mol. The van der Waals surface area contributed by atoms with Crippen LogP contribution in [0.4, 0.5) is 5.95 Å². The average molecular weight is 285 g/mol. The molecule has 4 heterocycles. The van der Waals surface area contributed by atoms with Gasteiger partial charge in [-0.3, -0.25) is 0 Å². The first kappa shape index (κ1) is 12.8. The summed E-state index contributed by atoms with van der Waals surface area (Å²) in [5, 5.41) is 0. The van der Waals surface area contributed by atoms with E-state index in [9.17, 15) is 0 Å². The van der Waals surface area contributed by atoms with Gasteiger partial charge in [0.15, 0.2) is 0 Å². The number of piperidine rings is 1. The number of imidazole rings is 1. The second-order valence-corrected chi connectivity index (χ2v) is 5.94. The summed E-state index contributed by atoms with van der Waals surface area (Å²) in [5.41, 5.74) is -0.0631. The Morgan fingerprint density at radius 2 is 2.14 bits per heavy atom. The van der Waals surface area contributed by atoms with E-state index in [1.807, 2.05) is 24.8 Å². The lowest BCUT2D eigenvalue weighted by atomic mass is 9.89. The first-order valence-corrected chi connectivity index (χ1v) is 7.48. The van der Waals surface area contributed by atoms with Crippen molar-refractivity contribution in [3.05, 3.63) is 37.2 Å². The molecular weight excluding hydrogens is 266 g/mol. The van der Waals surface area contributed by atoms with Gasteiger partial charge in [-0.2, -0.15) is 0 Å². The lowest BCUT2D eigenvalue weighted by Gasteiger charge is -2.39. The molecule has 4 rings (SSSR count). The minimum Gasteiger partial charge on any atom is -0.371 e. The van der Waals surface area contributed by atoms with E-state index < -0.39 is 0 Å². The number of anilines is 1. The molecule has 2 atom stereocenters. The molecule has 0 amide bonds. The van der Waals surface area contributed by atoms with Gasteiger partial charge in [-0.25, -0.2) is 15.0 Å². The molecular formula is C15H19N5O. The van der Waals surface area contributed by atoms with Gasteiger partial charge in [0.2, 0.25) is 5.95 Å². The Morgan fingerprint density at radius 3 is 2.95 bits per heavy atom. The molecule has 0 bridgehead atoms. The molecule has 0 aliphatic carbocycles. The van der Waals surface area contributed by atoms with E-state index in [1.165, 1.54) is 0 Å². The summed E-state index contributed by atoms with van der Waals surface area (Å²) in [6, 6.07) is 2.24. The zero-order valence-corrected chi connectivity index (χ0v) is 11.9. The number of ether oxygens (including phenoxy) is 1. The number of rotatable bonds is 2. The van der Waals surface area contributed by atoms with E-state index >= 15 is 0 Å². The maximum atomic E-state index is 6.22. The van der Waals surface area contributed by atoms with E-state index in [2.05, 4.69) is 24.4 Å². The SMILES string of the molecule is c1cnc(N2CCC[C@@]3(C[C@@H](n4ccnc4)CO3)C2)nc1. The van der Waals surface area contributed by atoms with Crippen LogP contribution in [0, 0.1) is 0 Å². The highest BCUT2D eigenvalue weighted by Gasteiger charge is 2.44. The van der Waals surface area contributed by atoms with Crippen molar-refractivity contribution in [2.24, 2.45) is 0 Å². The fourth-order valence-corrected chi connectivity index (χ4v) is 3.50. The second kappa shape index (κ2) is 5.11. The number of aromatic nitrogens is 4. The maximum absolute atomic E-state index is 6.22. The lowest BCUT2D eigenvalue weighted by molar-refractivity contribution is -0.00719. The zero-order valence-electron chi connectivity index (χ0n) is 11.9. The molecule has 2 saturated heterocycles. The fourth-order valence-electron chi connectivity index (χ4n) is 3.50. The van der Waals surface area contributed by atoms with Gasteiger partial charge in [0, 0.05) is 44.3 Å². The van der Waals surface area contributed by atoms with Crippen LogP contribution in [0.25, 0.3) is 0 Å². The maximum Gasteiger partial charge on any atom is 0.225 e. The second-order valence-electron chi connectivity index (χ2n) is 5.94. The van der Waals surface area contributed by atoms with Crippen LogP contribution in [-0.2, 0) is 4.74 Å². The Kier molecular flexibility index (Phi) is 3.11. The molecule has 21 heavy (non-hydrogen) atoms. The molecule has 0 N–H and O–H groups in total. The largest absolute Gasteiger partial charge is 0.371 e. The number of hydrogen-bond acceptors (Lipinski definition) is 5. The third-order valence-electron chi connectivity index (χ3n) is 4.51. The summed E-state index contributed by atoms with van der Waals surface area (Å²) in [6.45, 7) is 2.65. The van der Waals surface area contributed by atoms with Crippen molar-refractivity contribution in [3.63, 3.8) is 0 Å². The predicted octanol–water partition coefficient (Wildman–Crippen LogP) is 1.67. The zero-order chi connectivity index (χ0) is 14.1. The number of nitrogens with zero attached hydrogens (tertiary/aromatic N) is 5. The minimum atomic E-state index is -0.0631. The summed E-state index contributed by atoms with van der Waals surface area (Å²) in [4.78, 5) is 15.1. The van der Waals surface area contributed by atoms with Gasteiger partial charge in [0.1, 0.15) is 0 Å². The van der Waals surface area contributed by atoms with E-state index in [4.69, 9.17) is 4.74 Å². The van der Waals surface area contributed by atoms with E-state index in [-0.39, 0.29) is 5.60 Å². The van der Waals surface area contributed by atoms with Gasteiger partial charge < -0.3 is 14.2 Å². The van der Waals surface area contributed by atoms with Crippen LogP contribution in [-0.4, -0.2) is 44.8 Å². The van der Waals surface area contributed by atoms with E-state index in [0.29, 0.717) is 6.04 Å². The van der Waals surface area contributed by atoms with Crippen LogP contribution < -0.4 is 4.90 Å². The Balaban J connectivity index is 1.51. The summed E-state index contributed by atoms with van der Waals surface area (Å²) >= 11 is 0. The Bertz CT molecular complexity index is 587. The summed E-state index contributed by atoms with van der Waals surface area (Å²) < 4.78 is 8.38. The van der Waals surface area contributed by atoms with Gasteiger partial charge in [-0.1, -0.05) is 0 Å². The summed E-state index contributed by atoms with van der Waals surface area (Å²) in [7, 11) is 0. The molecule has 0 unspecified atom stereocenters. The number of hydrogen-bond donors (Lipinski definition) is 0. The third-order valence-corrected chi connectivity index (χ3v) is 4.51. The van der Waals surface area contributed by atoms with Crippen molar-refractivity contribution in [1.82, 2.24) is 19.5 Å². The quantitative estimate of drug-likeness (QED) is 0.840. The summed E-state index contributed by atoms with van der Waals surface area (Å²) in [5.74, 6) is 0.811. The highest BCUT2D eigenvalue weighted by Crippen LogP contribution is 2.39. The highest BCUT2D eigenvalue weighted by molar-refractivity contribution is 5.31. The Labute approximate surface area is 123 Å². The molecule has 2 aliphatic rings. The van der Waals surface area contributed by atoms with Crippen LogP contribution >= 0.6 is 0 Å². The normalized spacial score (nSPS) is 29.1. The van der Waals surface area contributed by atoms with Crippen LogP contribution in [0.1, 0.15) is 25.3 Å². The van der Waals surface area contributed by atoms with Crippen LogP contribution in [0.5, 0.6) is 0 Å². The standard InChI is InChI=1S/C15H19N5O/c1-3-15(9-13(10-21-15)20-8-6-16-12-20)11-19(7-1)14-17-4-2-5-18-14/h2,4-6,8,12-13H,1,3,7,9-11H2/t13-,15-/m1/s1. The molecule has 6 nitrogen and oxygen atoms in total. The monoisotopic (exact) mass is 285 g/mol. The van der Waals surface area contributed by atoms with Gasteiger partial charge in [-0.05, 0) is 18.9 Å². The molecule has 0 aromatic carbocycles. The van der Waals surface area contributed by atoms with Gasteiger partial charge >= 0.3 is 0 Å². The molecule has 0 radical (unpaired) electrons. The summed E-state index contributed by atoms with van der Waals surface area (Å²) in [6.07, 6.45) is 12.6. The highest BCUT2D eigenvalue weighted by atomic mass is 16.5. The Morgan fingerprint density at radius 1 is 1.24 bits per heavy atom. The van der Waals surface area contributed by atoms with Crippen LogP contribution in [0.15, 0.2) is 37.2 Å². The van der Waals surface area contributed by atoms with Gasteiger partial charge in [-0.15, -0.1) is 0 Å². The molecule has 2 aromatic heterocycles. The first-order valence-electron chi connectivity index (χ1n) is 7.48. The first-order chi connectivity index (χ1) is 10.3. The van der Waals surface area contributed by atoms with Gasteiger partial charge in [0.05, 0.1) is 24.6 Å². The van der Waals surface area contributed by atoms with Crippen molar-refractivity contribution < 1.29 is 4.74 Å². The fraction of sp³-hybridized carbons (Fsp3) is 0.533. The molecule has 1 spiro atoms. The molecule has 2 fully saturated rings.